The molecule has 0 aliphatic carbocycles. The molecule has 0 bridgehead atoms. The van der Waals surface area contributed by atoms with E-state index >= 15 is 0 Å². The molecule has 2 rings (SSSR count). The molecule has 1 aromatic rings. The minimum absolute atomic E-state index is 0.115. The number of aliphatic carboxylic acids is 1. The highest BCUT2D eigenvalue weighted by Crippen LogP contribution is 2.20. The number of carboxylic acids is 1. The molecule has 1 fully saturated rings. The van der Waals surface area contributed by atoms with Gasteiger partial charge in [0.15, 0.2) is 0 Å². The van der Waals surface area contributed by atoms with Gasteiger partial charge in [-0.05, 0) is 37.0 Å². The van der Waals surface area contributed by atoms with Crippen LogP contribution in [0, 0.1) is 5.92 Å². The molecule has 0 spiro atoms. The Labute approximate surface area is 130 Å². The maximum atomic E-state index is 12.3. The lowest BCUT2D eigenvalue weighted by molar-refractivity contribution is -0.138. The van der Waals surface area contributed by atoms with Gasteiger partial charge in [0.1, 0.15) is 6.04 Å². The van der Waals surface area contributed by atoms with Crippen molar-refractivity contribution in [3.63, 3.8) is 0 Å². The van der Waals surface area contributed by atoms with Gasteiger partial charge < -0.3 is 10.4 Å². The fraction of sp³-hybridized carbons (Fsp3) is 0.500. The number of hydrogen-bond donors (Lipinski definition) is 4. The second kappa shape index (κ2) is 6.89. The van der Waals surface area contributed by atoms with Gasteiger partial charge in [0.05, 0.1) is 5.92 Å². The summed E-state index contributed by atoms with van der Waals surface area (Å²) < 4.78 is 0. The van der Waals surface area contributed by atoms with Crippen LogP contribution in [0.15, 0.2) is 24.3 Å². The lowest BCUT2D eigenvalue weighted by Gasteiger charge is -2.13. The van der Waals surface area contributed by atoms with Gasteiger partial charge in [0.2, 0.25) is 5.91 Å². The van der Waals surface area contributed by atoms with E-state index in [0.29, 0.717) is 17.2 Å². The first-order valence-corrected chi connectivity index (χ1v) is 7.53. The second-order valence-corrected chi connectivity index (χ2v) is 6.10. The minimum atomic E-state index is -0.884. The van der Waals surface area contributed by atoms with E-state index in [1.165, 1.54) is 0 Å². The van der Waals surface area contributed by atoms with E-state index in [-0.39, 0.29) is 18.0 Å². The Hall–Kier alpha value is -1.92. The zero-order valence-electron chi connectivity index (χ0n) is 13.1. The zero-order chi connectivity index (χ0) is 16.3. The van der Waals surface area contributed by atoms with E-state index in [4.69, 9.17) is 5.11 Å². The quantitative estimate of drug-likeness (QED) is 0.665. The summed E-state index contributed by atoms with van der Waals surface area (Å²) in [6.07, 6.45) is 0.731. The molecule has 0 aromatic heterocycles. The molecule has 3 unspecified atom stereocenters. The van der Waals surface area contributed by atoms with Gasteiger partial charge in [0, 0.05) is 11.7 Å². The van der Waals surface area contributed by atoms with E-state index in [1.807, 2.05) is 0 Å². The molecule has 120 valence electrons. The number of benzene rings is 1. The van der Waals surface area contributed by atoms with Crippen molar-refractivity contribution in [2.45, 2.75) is 45.2 Å². The van der Waals surface area contributed by atoms with Gasteiger partial charge in [-0.3, -0.25) is 15.0 Å². The smallest absolute Gasteiger partial charge is 0.310 e. The first-order chi connectivity index (χ1) is 10.4. The van der Waals surface area contributed by atoms with Crippen LogP contribution in [-0.4, -0.2) is 29.1 Å². The van der Waals surface area contributed by atoms with E-state index in [1.54, 1.807) is 31.2 Å². The van der Waals surface area contributed by atoms with Crippen LogP contribution >= 0.6 is 0 Å². The van der Waals surface area contributed by atoms with Gasteiger partial charge in [-0.15, -0.1) is 0 Å². The average molecular weight is 305 g/mol. The normalized spacial score (nSPS) is 22.5. The third-order valence-corrected chi connectivity index (χ3v) is 4.08. The topological polar surface area (TPSA) is 90.5 Å². The van der Waals surface area contributed by atoms with Crippen LogP contribution < -0.4 is 16.2 Å². The Balaban J connectivity index is 2.00. The lowest BCUT2D eigenvalue weighted by atomic mass is 9.99. The van der Waals surface area contributed by atoms with E-state index in [9.17, 15) is 9.59 Å². The van der Waals surface area contributed by atoms with Gasteiger partial charge in [-0.1, -0.05) is 26.0 Å². The van der Waals surface area contributed by atoms with Gasteiger partial charge in [0.25, 0.3) is 0 Å². The molecule has 1 aromatic carbocycles. The van der Waals surface area contributed by atoms with E-state index in [2.05, 4.69) is 30.0 Å². The average Bonchev–Trinajstić information content (AvgIpc) is 2.96. The Morgan fingerprint density at radius 3 is 2.59 bits per heavy atom. The molecule has 6 heteroatoms. The molecule has 1 saturated heterocycles. The van der Waals surface area contributed by atoms with Crippen LogP contribution in [0.1, 0.15) is 38.7 Å². The molecule has 1 heterocycles. The van der Waals surface area contributed by atoms with Crippen molar-refractivity contribution >= 4 is 17.6 Å². The number of carbonyl (C=O) groups excluding carboxylic acids is 1. The summed E-state index contributed by atoms with van der Waals surface area (Å²) in [6.45, 7) is 5.84. The largest absolute Gasteiger partial charge is 0.481 e. The van der Waals surface area contributed by atoms with Crippen LogP contribution in [0.3, 0.4) is 0 Å². The van der Waals surface area contributed by atoms with Crippen molar-refractivity contribution in [1.29, 1.82) is 0 Å². The predicted molar refractivity (Wildman–Crippen MR) is 84.4 cm³/mol. The fourth-order valence-electron chi connectivity index (χ4n) is 2.45. The third-order valence-electron chi connectivity index (χ3n) is 4.08. The highest BCUT2D eigenvalue weighted by Gasteiger charge is 2.30. The number of rotatable bonds is 5. The van der Waals surface area contributed by atoms with Crippen molar-refractivity contribution in [3.05, 3.63) is 29.8 Å². The van der Waals surface area contributed by atoms with Crippen LogP contribution in [0.25, 0.3) is 0 Å². The number of amides is 1. The van der Waals surface area contributed by atoms with E-state index in [0.717, 1.165) is 6.42 Å². The summed E-state index contributed by atoms with van der Waals surface area (Å²) in [7, 11) is 0. The molecular formula is C16H23N3O3. The summed E-state index contributed by atoms with van der Waals surface area (Å²) in [5.41, 5.74) is 7.42. The SMILES string of the molecule is CC(C(=O)O)c1cccc(NC(=O)C2CC(C(C)C)NN2)c1. The number of anilines is 1. The number of carboxylic acid groups (broad SMARTS) is 1. The molecule has 1 aliphatic rings. The maximum absolute atomic E-state index is 12.3. The Kier molecular flexibility index (Phi) is 5.15. The summed E-state index contributed by atoms with van der Waals surface area (Å²) in [5.74, 6) is -1.15. The summed E-state index contributed by atoms with van der Waals surface area (Å²) in [4.78, 5) is 23.3. The Bertz CT molecular complexity index is 559. The van der Waals surface area contributed by atoms with Crippen molar-refractivity contribution in [2.24, 2.45) is 5.92 Å². The van der Waals surface area contributed by atoms with Crippen LogP contribution in [0.4, 0.5) is 5.69 Å². The lowest BCUT2D eigenvalue weighted by Crippen LogP contribution is -2.40. The number of carbonyl (C=O) groups is 2. The molecule has 1 aliphatic heterocycles. The molecule has 0 saturated carbocycles. The van der Waals surface area contributed by atoms with Gasteiger partial charge >= 0.3 is 5.97 Å². The molecule has 6 nitrogen and oxygen atoms in total. The Morgan fingerprint density at radius 2 is 2.00 bits per heavy atom. The van der Waals surface area contributed by atoms with Crippen LogP contribution in [0.2, 0.25) is 0 Å². The van der Waals surface area contributed by atoms with Crippen LogP contribution in [0.5, 0.6) is 0 Å². The first kappa shape index (κ1) is 16.5. The molecule has 4 N–H and O–H groups in total. The highest BCUT2D eigenvalue weighted by molar-refractivity contribution is 5.95. The summed E-state index contributed by atoms with van der Waals surface area (Å²) in [5, 5.41) is 11.9. The maximum Gasteiger partial charge on any atom is 0.310 e. The molecule has 22 heavy (non-hydrogen) atoms. The highest BCUT2D eigenvalue weighted by atomic mass is 16.4. The van der Waals surface area contributed by atoms with Gasteiger partial charge in [-0.25, -0.2) is 5.43 Å². The standard InChI is InChI=1S/C16H23N3O3/c1-9(2)13-8-14(19-18-13)15(20)17-12-6-4-5-11(7-12)10(3)16(21)22/h4-7,9-10,13-14,18-19H,8H2,1-3H3,(H,17,20)(H,21,22). The summed E-state index contributed by atoms with van der Waals surface area (Å²) >= 11 is 0. The zero-order valence-corrected chi connectivity index (χ0v) is 13.1. The van der Waals surface area contributed by atoms with Crippen molar-refractivity contribution in [2.75, 3.05) is 5.32 Å². The molecule has 3 atom stereocenters. The molecule has 1 amide bonds. The van der Waals surface area contributed by atoms with Crippen molar-refractivity contribution in [3.8, 4) is 0 Å². The van der Waals surface area contributed by atoms with E-state index < -0.39 is 11.9 Å². The summed E-state index contributed by atoms with van der Waals surface area (Å²) in [6, 6.07) is 6.96. The van der Waals surface area contributed by atoms with Crippen molar-refractivity contribution < 1.29 is 14.7 Å². The number of hydrogen-bond acceptors (Lipinski definition) is 4. The van der Waals surface area contributed by atoms with Crippen molar-refractivity contribution in [1.82, 2.24) is 10.9 Å². The third kappa shape index (κ3) is 3.84. The fourth-order valence-corrected chi connectivity index (χ4v) is 2.45. The minimum Gasteiger partial charge on any atom is -0.481 e. The predicted octanol–water partition coefficient (Wildman–Crippen LogP) is 1.70. The number of hydrazine groups is 1. The second-order valence-electron chi connectivity index (χ2n) is 6.10. The molecular weight excluding hydrogens is 282 g/mol. The van der Waals surface area contributed by atoms with Gasteiger partial charge in [-0.2, -0.15) is 0 Å². The molecule has 0 radical (unpaired) electrons. The monoisotopic (exact) mass is 305 g/mol. The number of nitrogens with one attached hydrogen (secondary N) is 3. The Morgan fingerprint density at radius 1 is 1.27 bits per heavy atom. The first-order valence-electron chi connectivity index (χ1n) is 7.53. The van der Waals surface area contributed by atoms with Crippen LogP contribution in [-0.2, 0) is 9.59 Å².